The van der Waals surface area contributed by atoms with Crippen molar-refractivity contribution in [2.45, 2.75) is 12.3 Å². The van der Waals surface area contributed by atoms with Crippen LogP contribution in [-0.4, -0.2) is 58.4 Å². The van der Waals surface area contributed by atoms with Gasteiger partial charge in [0.2, 0.25) is 5.91 Å². The first-order valence-corrected chi connectivity index (χ1v) is 5.97. The van der Waals surface area contributed by atoms with Crippen molar-refractivity contribution in [3.63, 3.8) is 0 Å². The fourth-order valence-electron chi connectivity index (χ4n) is 1.86. The van der Waals surface area contributed by atoms with Crippen LogP contribution in [0.25, 0.3) is 0 Å². The molecule has 3 amide bonds. The van der Waals surface area contributed by atoms with E-state index in [0.717, 1.165) is 11.8 Å². The van der Waals surface area contributed by atoms with Crippen molar-refractivity contribution < 1.29 is 14.4 Å². The first-order valence-electron chi connectivity index (χ1n) is 5.09. The van der Waals surface area contributed by atoms with Crippen LogP contribution >= 0.6 is 11.8 Å². The summed E-state index contributed by atoms with van der Waals surface area (Å²) in [5.41, 5.74) is 0. The number of carbonyl (C=O) groups excluding carboxylic acids is 3. The smallest absolute Gasteiger partial charge is 0.287 e. The van der Waals surface area contributed by atoms with Gasteiger partial charge < -0.3 is 4.90 Å². The molecule has 2 saturated heterocycles. The highest BCUT2D eigenvalue weighted by atomic mass is 32.2. The summed E-state index contributed by atoms with van der Waals surface area (Å²) < 4.78 is 0. The monoisotopic (exact) mass is 243 g/mol. The highest BCUT2D eigenvalue weighted by molar-refractivity contribution is 8.15. The normalized spacial score (nSPS) is 27.1. The van der Waals surface area contributed by atoms with Crippen molar-refractivity contribution in [1.29, 1.82) is 0 Å². The third-order valence-electron chi connectivity index (χ3n) is 2.76. The fraction of sp³-hybridized carbons (Fsp3) is 0.667. The van der Waals surface area contributed by atoms with E-state index < -0.39 is 5.37 Å². The molecule has 7 heteroatoms. The van der Waals surface area contributed by atoms with E-state index in [2.05, 4.69) is 5.32 Å². The molecule has 2 aliphatic rings. The lowest BCUT2D eigenvalue weighted by Gasteiger charge is -2.35. The van der Waals surface area contributed by atoms with Gasteiger partial charge in [-0.1, -0.05) is 0 Å². The van der Waals surface area contributed by atoms with E-state index in [4.69, 9.17) is 0 Å². The molecule has 2 heterocycles. The van der Waals surface area contributed by atoms with Crippen LogP contribution in [-0.2, 0) is 9.59 Å². The number of carbonyl (C=O) groups is 3. The third-order valence-corrected chi connectivity index (χ3v) is 3.81. The largest absolute Gasteiger partial charge is 0.340 e. The van der Waals surface area contributed by atoms with E-state index >= 15 is 0 Å². The zero-order chi connectivity index (χ0) is 11.7. The number of nitrogens with zero attached hydrogens (tertiary/aromatic N) is 2. The molecule has 88 valence electrons. The van der Waals surface area contributed by atoms with Crippen molar-refractivity contribution >= 4 is 28.8 Å². The Morgan fingerprint density at radius 2 is 1.94 bits per heavy atom. The number of thioether (sulfide) groups is 1. The van der Waals surface area contributed by atoms with Crippen LogP contribution in [0.4, 0.5) is 4.79 Å². The minimum absolute atomic E-state index is 0.0549. The van der Waals surface area contributed by atoms with Crippen LogP contribution in [0.2, 0.25) is 0 Å². The van der Waals surface area contributed by atoms with Gasteiger partial charge in [-0.05, 0) is 11.8 Å². The topological polar surface area (TPSA) is 69.7 Å². The van der Waals surface area contributed by atoms with Gasteiger partial charge in [0, 0.05) is 33.1 Å². The zero-order valence-corrected chi connectivity index (χ0v) is 9.75. The average Bonchev–Trinajstić information content (AvgIpc) is 2.58. The van der Waals surface area contributed by atoms with E-state index in [1.165, 1.54) is 6.92 Å². The van der Waals surface area contributed by atoms with Gasteiger partial charge >= 0.3 is 0 Å². The highest BCUT2D eigenvalue weighted by Gasteiger charge is 2.37. The van der Waals surface area contributed by atoms with E-state index in [0.29, 0.717) is 26.2 Å². The second-order valence-electron chi connectivity index (χ2n) is 3.79. The molecule has 0 aliphatic carbocycles. The number of hydrogen-bond donors (Lipinski definition) is 1. The van der Waals surface area contributed by atoms with Gasteiger partial charge in [-0.25, -0.2) is 0 Å². The number of imide groups is 1. The summed E-state index contributed by atoms with van der Waals surface area (Å²) >= 11 is 1.01. The molecule has 2 aliphatic heterocycles. The second-order valence-corrected chi connectivity index (χ2v) is 4.84. The Hall–Kier alpha value is -1.08. The molecular weight excluding hydrogens is 230 g/mol. The minimum atomic E-state index is -0.415. The SMILES string of the molecule is CC(=O)N1CCN(C2SC(=O)NC2=O)CC1. The van der Waals surface area contributed by atoms with Crippen LogP contribution < -0.4 is 5.32 Å². The molecule has 1 unspecified atom stereocenters. The van der Waals surface area contributed by atoms with Gasteiger partial charge in [-0.2, -0.15) is 0 Å². The number of nitrogens with one attached hydrogen (secondary N) is 1. The summed E-state index contributed by atoms with van der Waals surface area (Å²) in [6.07, 6.45) is 0. The maximum Gasteiger partial charge on any atom is 0.287 e. The Bertz CT molecular complexity index is 339. The van der Waals surface area contributed by atoms with Crippen LogP contribution in [0.3, 0.4) is 0 Å². The summed E-state index contributed by atoms with van der Waals surface area (Å²) in [6.45, 7) is 4.05. The Balaban J connectivity index is 1.92. The van der Waals surface area contributed by atoms with Crippen molar-refractivity contribution in [2.75, 3.05) is 26.2 Å². The Labute approximate surface area is 97.3 Å². The maximum absolute atomic E-state index is 11.4. The number of amides is 3. The van der Waals surface area contributed by atoms with Crippen LogP contribution in [0.5, 0.6) is 0 Å². The molecule has 0 spiro atoms. The van der Waals surface area contributed by atoms with E-state index in [1.807, 2.05) is 4.90 Å². The molecular formula is C9H13N3O3S. The number of rotatable bonds is 1. The summed E-state index contributed by atoms with van der Waals surface area (Å²) in [5, 5.41) is 1.56. The summed E-state index contributed by atoms with van der Waals surface area (Å²) in [5.74, 6) is -0.189. The predicted molar refractivity (Wildman–Crippen MR) is 58.7 cm³/mol. The fourth-order valence-corrected chi connectivity index (χ4v) is 2.75. The lowest BCUT2D eigenvalue weighted by molar-refractivity contribution is -0.131. The van der Waals surface area contributed by atoms with Gasteiger partial charge in [0.05, 0.1) is 0 Å². The molecule has 0 aromatic heterocycles. The molecule has 2 fully saturated rings. The predicted octanol–water partition coefficient (Wildman–Crippen LogP) is -0.540. The quantitative estimate of drug-likeness (QED) is 0.670. The molecule has 6 nitrogen and oxygen atoms in total. The molecule has 1 N–H and O–H groups in total. The molecule has 2 rings (SSSR count). The van der Waals surface area contributed by atoms with Crippen LogP contribution in [0.15, 0.2) is 0 Å². The molecule has 1 atom stereocenters. The Kier molecular flexibility index (Phi) is 3.15. The maximum atomic E-state index is 11.4. The summed E-state index contributed by atoms with van der Waals surface area (Å²) in [6, 6.07) is 0. The zero-order valence-electron chi connectivity index (χ0n) is 8.93. The Morgan fingerprint density at radius 1 is 1.31 bits per heavy atom. The standard InChI is InChI=1S/C9H13N3O3S/c1-6(13)11-2-4-12(5-3-11)8-7(14)10-9(15)16-8/h8H,2-5H2,1H3,(H,10,14,15). The van der Waals surface area contributed by atoms with Crippen LogP contribution in [0.1, 0.15) is 6.92 Å². The van der Waals surface area contributed by atoms with E-state index in [1.54, 1.807) is 4.90 Å². The first-order chi connectivity index (χ1) is 7.58. The Morgan fingerprint density at radius 3 is 2.38 bits per heavy atom. The summed E-state index contributed by atoms with van der Waals surface area (Å²) in [4.78, 5) is 37.2. The lowest BCUT2D eigenvalue weighted by Crippen LogP contribution is -2.52. The molecule has 0 saturated carbocycles. The highest BCUT2D eigenvalue weighted by Crippen LogP contribution is 2.23. The first kappa shape index (κ1) is 11.4. The lowest BCUT2D eigenvalue weighted by atomic mass is 10.3. The molecule has 0 bridgehead atoms. The molecule has 0 radical (unpaired) electrons. The molecule has 0 aromatic carbocycles. The van der Waals surface area contributed by atoms with E-state index in [-0.39, 0.29) is 17.1 Å². The third kappa shape index (κ3) is 2.19. The van der Waals surface area contributed by atoms with Gasteiger partial charge in [-0.15, -0.1) is 0 Å². The van der Waals surface area contributed by atoms with Gasteiger partial charge in [0.15, 0.2) is 0 Å². The average molecular weight is 243 g/mol. The van der Waals surface area contributed by atoms with Crippen molar-refractivity contribution in [1.82, 2.24) is 15.1 Å². The number of piperazine rings is 1. The summed E-state index contributed by atoms with van der Waals surface area (Å²) in [7, 11) is 0. The number of hydrogen-bond acceptors (Lipinski definition) is 5. The van der Waals surface area contributed by atoms with E-state index in [9.17, 15) is 14.4 Å². The van der Waals surface area contributed by atoms with Crippen molar-refractivity contribution in [3.05, 3.63) is 0 Å². The van der Waals surface area contributed by atoms with Crippen molar-refractivity contribution in [3.8, 4) is 0 Å². The van der Waals surface area contributed by atoms with Gasteiger partial charge in [0.25, 0.3) is 11.1 Å². The second kappa shape index (κ2) is 4.42. The minimum Gasteiger partial charge on any atom is -0.340 e. The van der Waals surface area contributed by atoms with Gasteiger partial charge in [0.1, 0.15) is 5.37 Å². The van der Waals surface area contributed by atoms with Crippen molar-refractivity contribution in [2.24, 2.45) is 0 Å². The molecule has 0 aromatic rings. The van der Waals surface area contributed by atoms with Crippen LogP contribution in [0, 0.1) is 0 Å². The molecule has 16 heavy (non-hydrogen) atoms. The van der Waals surface area contributed by atoms with Gasteiger partial charge in [-0.3, -0.25) is 24.6 Å².